The molecule has 1 saturated heterocycles. The van der Waals surface area contributed by atoms with Crippen LogP contribution in [0, 0.1) is 17.5 Å². The van der Waals surface area contributed by atoms with Gasteiger partial charge in [0.1, 0.15) is 23.5 Å². The number of halogens is 3. The summed E-state index contributed by atoms with van der Waals surface area (Å²) in [6.45, 7) is 0.916. The minimum Gasteiger partial charge on any atom is -0.432 e. The van der Waals surface area contributed by atoms with E-state index in [0.717, 1.165) is 12.1 Å². The number of fused-ring (bicyclic) bond motifs is 1. The molecule has 3 aromatic heterocycles. The van der Waals surface area contributed by atoms with Crippen molar-refractivity contribution in [1.82, 2.24) is 24.3 Å². The predicted molar refractivity (Wildman–Crippen MR) is 137 cm³/mol. The summed E-state index contributed by atoms with van der Waals surface area (Å²) >= 11 is 0. The smallest absolute Gasteiger partial charge is 0.321 e. The van der Waals surface area contributed by atoms with Gasteiger partial charge in [-0.2, -0.15) is 4.98 Å². The molecule has 6 rings (SSSR count). The Morgan fingerprint density at radius 2 is 1.77 bits per heavy atom. The minimum atomic E-state index is -1.02. The van der Waals surface area contributed by atoms with Crippen LogP contribution in [0.2, 0.25) is 0 Å². The van der Waals surface area contributed by atoms with E-state index in [1.54, 1.807) is 39.9 Å². The zero-order chi connectivity index (χ0) is 26.9. The van der Waals surface area contributed by atoms with Crippen molar-refractivity contribution >= 4 is 23.5 Å². The van der Waals surface area contributed by atoms with Crippen LogP contribution in [0.4, 0.5) is 29.6 Å². The van der Waals surface area contributed by atoms with E-state index in [1.807, 2.05) is 0 Å². The summed E-state index contributed by atoms with van der Waals surface area (Å²) in [5.74, 6) is -1.54. The van der Waals surface area contributed by atoms with E-state index < -0.39 is 11.6 Å². The standard InChI is InChI=1S/C27H22F3N7O2/c28-17-3-1-16(2-4-17)23-24(37-13-14-39-27(37)35-23)22-7-10-31-25(34-22)32-18-8-11-36(12-9-18)26(38)33-19-5-6-20(29)21(30)15-19/h1-7,10,13-15,18H,8-9,11-12H2,(H,33,38)(H,31,32,34). The Morgan fingerprint density at radius 1 is 0.974 bits per heavy atom. The number of rotatable bonds is 5. The van der Waals surface area contributed by atoms with Gasteiger partial charge in [-0.3, -0.25) is 4.40 Å². The largest absolute Gasteiger partial charge is 0.432 e. The Balaban J connectivity index is 1.15. The summed E-state index contributed by atoms with van der Waals surface area (Å²) in [4.78, 5) is 27.8. The maximum atomic E-state index is 13.5. The van der Waals surface area contributed by atoms with Crippen LogP contribution < -0.4 is 10.6 Å². The summed E-state index contributed by atoms with van der Waals surface area (Å²) in [5, 5.41) is 5.94. The van der Waals surface area contributed by atoms with Gasteiger partial charge in [0, 0.05) is 48.8 Å². The van der Waals surface area contributed by atoms with Crippen molar-refractivity contribution < 1.29 is 22.4 Å². The number of likely N-dealkylation sites (tertiary alicyclic amines) is 1. The Morgan fingerprint density at radius 3 is 2.54 bits per heavy atom. The third kappa shape index (κ3) is 5.00. The van der Waals surface area contributed by atoms with Crippen LogP contribution in [0.1, 0.15) is 12.8 Å². The van der Waals surface area contributed by atoms with Crippen molar-refractivity contribution in [3.63, 3.8) is 0 Å². The number of carbonyl (C=O) groups is 1. The maximum absolute atomic E-state index is 13.5. The highest BCUT2D eigenvalue weighted by molar-refractivity contribution is 5.89. The number of anilines is 2. The predicted octanol–water partition coefficient (Wildman–Crippen LogP) is 5.58. The average molecular weight is 534 g/mol. The fraction of sp³-hybridized carbons (Fsp3) is 0.185. The number of nitrogens with one attached hydrogen (secondary N) is 2. The first-order valence-electron chi connectivity index (χ1n) is 12.3. The number of amides is 2. The van der Waals surface area contributed by atoms with Crippen molar-refractivity contribution in [1.29, 1.82) is 0 Å². The first kappa shape index (κ1) is 24.5. The van der Waals surface area contributed by atoms with Crippen LogP contribution in [0.5, 0.6) is 0 Å². The van der Waals surface area contributed by atoms with Gasteiger partial charge in [0.15, 0.2) is 11.6 Å². The fourth-order valence-electron chi connectivity index (χ4n) is 4.59. The summed E-state index contributed by atoms with van der Waals surface area (Å²) in [7, 11) is 0. The Kier molecular flexibility index (Phi) is 6.35. The molecule has 1 fully saturated rings. The summed E-state index contributed by atoms with van der Waals surface area (Å²) < 4.78 is 47.4. The lowest BCUT2D eigenvalue weighted by atomic mass is 10.1. The van der Waals surface area contributed by atoms with E-state index in [1.165, 1.54) is 24.5 Å². The molecule has 4 heterocycles. The molecule has 1 aliphatic heterocycles. The SMILES string of the molecule is O=C(Nc1ccc(F)c(F)c1)N1CCC(Nc2nccc(-c3c(-c4ccc(F)cc4)nc4occn34)n2)CC1. The molecule has 12 heteroatoms. The monoisotopic (exact) mass is 533 g/mol. The zero-order valence-corrected chi connectivity index (χ0v) is 20.4. The van der Waals surface area contributed by atoms with Gasteiger partial charge in [-0.15, -0.1) is 0 Å². The lowest BCUT2D eigenvalue weighted by Gasteiger charge is -2.32. The van der Waals surface area contributed by atoms with Gasteiger partial charge in [-0.1, -0.05) is 0 Å². The molecule has 2 N–H and O–H groups in total. The highest BCUT2D eigenvalue weighted by Gasteiger charge is 2.24. The Bertz CT molecular complexity index is 1640. The van der Waals surface area contributed by atoms with Crippen LogP contribution in [-0.4, -0.2) is 49.4 Å². The van der Waals surface area contributed by atoms with Crippen molar-refractivity contribution in [3.8, 4) is 22.6 Å². The van der Waals surface area contributed by atoms with Gasteiger partial charge in [-0.25, -0.2) is 27.9 Å². The van der Waals surface area contributed by atoms with E-state index in [2.05, 4.69) is 20.6 Å². The van der Waals surface area contributed by atoms with Crippen molar-refractivity contribution in [2.45, 2.75) is 18.9 Å². The van der Waals surface area contributed by atoms with Crippen LogP contribution in [-0.2, 0) is 0 Å². The molecule has 2 amide bonds. The van der Waals surface area contributed by atoms with Gasteiger partial charge >= 0.3 is 11.9 Å². The summed E-state index contributed by atoms with van der Waals surface area (Å²) in [6.07, 6.45) is 6.18. The first-order valence-corrected chi connectivity index (χ1v) is 12.3. The third-order valence-electron chi connectivity index (χ3n) is 6.56. The second-order valence-corrected chi connectivity index (χ2v) is 9.10. The lowest BCUT2D eigenvalue weighted by Crippen LogP contribution is -2.44. The molecule has 0 unspecified atom stereocenters. The molecule has 9 nitrogen and oxygen atoms in total. The van der Waals surface area contributed by atoms with Gasteiger partial charge in [-0.05, 0) is 55.3 Å². The molecule has 5 aromatic rings. The zero-order valence-electron chi connectivity index (χ0n) is 20.4. The molecular formula is C27H22F3N7O2. The third-order valence-corrected chi connectivity index (χ3v) is 6.56. The normalized spacial score (nSPS) is 14.1. The Hall–Kier alpha value is -4.87. The number of aromatic nitrogens is 4. The second kappa shape index (κ2) is 10.1. The quantitative estimate of drug-likeness (QED) is 0.306. The lowest BCUT2D eigenvalue weighted by molar-refractivity contribution is 0.197. The van der Waals surface area contributed by atoms with E-state index >= 15 is 0 Å². The van der Waals surface area contributed by atoms with Gasteiger partial charge in [0.2, 0.25) is 5.95 Å². The maximum Gasteiger partial charge on any atom is 0.321 e. The number of hydrogen-bond donors (Lipinski definition) is 2. The second-order valence-electron chi connectivity index (χ2n) is 9.10. The molecule has 0 bridgehead atoms. The summed E-state index contributed by atoms with van der Waals surface area (Å²) in [5.41, 5.74) is 2.78. The number of imidazole rings is 1. The molecular weight excluding hydrogens is 511 g/mol. The molecule has 0 spiro atoms. The van der Waals surface area contributed by atoms with Crippen LogP contribution >= 0.6 is 0 Å². The average Bonchev–Trinajstić information content (AvgIpc) is 3.53. The molecule has 1 aliphatic rings. The number of oxazole rings is 1. The molecule has 0 atom stereocenters. The number of benzene rings is 2. The fourth-order valence-corrected chi connectivity index (χ4v) is 4.59. The van der Waals surface area contributed by atoms with E-state index in [9.17, 15) is 18.0 Å². The summed E-state index contributed by atoms with van der Waals surface area (Å²) in [6, 6.07) is 10.7. The Labute approximate surface area is 220 Å². The van der Waals surface area contributed by atoms with Gasteiger partial charge < -0.3 is 20.0 Å². The molecule has 0 saturated carbocycles. The minimum absolute atomic E-state index is 0.0171. The highest BCUT2D eigenvalue weighted by Crippen LogP contribution is 2.32. The number of carbonyl (C=O) groups excluding carboxylic acids is 1. The van der Waals surface area contributed by atoms with Crippen molar-refractivity contribution in [3.05, 3.63) is 84.6 Å². The number of urea groups is 1. The highest BCUT2D eigenvalue weighted by atomic mass is 19.2. The van der Waals surface area contributed by atoms with E-state index in [-0.39, 0.29) is 23.6 Å². The van der Waals surface area contributed by atoms with E-state index in [0.29, 0.717) is 60.4 Å². The van der Waals surface area contributed by atoms with Crippen LogP contribution in [0.3, 0.4) is 0 Å². The topological polar surface area (TPSA) is 101 Å². The first-order chi connectivity index (χ1) is 18.9. The van der Waals surface area contributed by atoms with Gasteiger partial charge in [0.25, 0.3) is 0 Å². The van der Waals surface area contributed by atoms with Crippen molar-refractivity contribution in [2.75, 3.05) is 23.7 Å². The molecule has 2 aromatic carbocycles. The molecule has 0 aliphatic carbocycles. The molecule has 39 heavy (non-hydrogen) atoms. The number of hydrogen-bond acceptors (Lipinski definition) is 6. The number of piperidine rings is 1. The molecule has 198 valence electrons. The number of nitrogens with zero attached hydrogens (tertiary/aromatic N) is 5. The molecule has 0 radical (unpaired) electrons. The van der Waals surface area contributed by atoms with Crippen LogP contribution in [0.25, 0.3) is 28.5 Å². The van der Waals surface area contributed by atoms with Gasteiger partial charge in [0.05, 0.1) is 5.69 Å². The van der Waals surface area contributed by atoms with Crippen molar-refractivity contribution in [2.24, 2.45) is 0 Å². The van der Waals surface area contributed by atoms with Crippen LogP contribution in [0.15, 0.2) is 71.6 Å². The van der Waals surface area contributed by atoms with E-state index in [4.69, 9.17) is 9.40 Å².